The maximum absolute atomic E-state index is 9.23. The molecular weight excluding hydrogens is 210 g/mol. The molecule has 0 fully saturated rings. The Kier molecular flexibility index (Phi) is 2.88. The van der Waals surface area contributed by atoms with Crippen molar-refractivity contribution in [3.63, 3.8) is 0 Å². The molecular formula is C14H15N3. The molecule has 2 rings (SSSR count). The first kappa shape index (κ1) is 11.3. The summed E-state index contributed by atoms with van der Waals surface area (Å²) < 4.78 is 0. The molecule has 3 N–H and O–H groups in total. The molecule has 0 bridgehead atoms. The first-order valence-electron chi connectivity index (χ1n) is 5.64. The van der Waals surface area contributed by atoms with Crippen molar-refractivity contribution < 1.29 is 0 Å². The van der Waals surface area contributed by atoms with E-state index in [4.69, 9.17) is 5.73 Å². The van der Waals surface area contributed by atoms with Crippen molar-refractivity contribution in [2.24, 2.45) is 0 Å². The number of nitrogens with two attached hydrogens (primary N) is 1. The van der Waals surface area contributed by atoms with Crippen molar-refractivity contribution in [1.29, 1.82) is 5.26 Å². The zero-order valence-electron chi connectivity index (χ0n) is 10.0. The quantitative estimate of drug-likeness (QED) is 0.771. The molecule has 0 aliphatic carbocycles. The Morgan fingerprint density at radius 1 is 1.29 bits per heavy atom. The van der Waals surface area contributed by atoms with Gasteiger partial charge >= 0.3 is 0 Å². The number of hydrogen-bond acceptors (Lipinski definition) is 2. The molecule has 0 aliphatic rings. The Morgan fingerprint density at radius 3 is 2.47 bits per heavy atom. The van der Waals surface area contributed by atoms with Crippen LogP contribution in [0.25, 0.3) is 11.1 Å². The van der Waals surface area contributed by atoms with E-state index in [0.29, 0.717) is 0 Å². The van der Waals surface area contributed by atoms with Crippen LogP contribution in [0.2, 0.25) is 0 Å². The summed E-state index contributed by atoms with van der Waals surface area (Å²) in [5, 5.41) is 9.23. The Morgan fingerprint density at radius 2 is 1.94 bits per heavy atom. The molecule has 0 radical (unpaired) electrons. The number of aromatic amines is 1. The molecule has 3 heteroatoms. The van der Waals surface area contributed by atoms with E-state index in [0.717, 1.165) is 40.2 Å². The molecule has 1 aromatic heterocycles. The van der Waals surface area contributed by atoms with Crippen LogP contribution in [0.3, 0.4) is 0 Å². The van der Waals surface area contributed by atoms with Gasteiger partial charge in [-0.1, -0.05) is 19.1 Å². The van der Waals surface area contributed by atoms with Gasteiger partial charge in [-0.3, -0.25) is 0 Å². The Labute approximate surface area is 101 Å². The summed E-state index contributed by atoms with van der Waals surface area (Å²) in [4.78, 5) is 3.27. The summed E-state index contributed by atoms with van der Waals surface area (Å²) in [6, 6.07) is 9.90. The van der Waals surface area contributed by atoms with E-state index in [2.05, 4.69) is 18.0 Å². The van der Waals surface area contributed by atoms with Gasteiger partial charge in [0.2, 0.25) is 0 Å². The number of benzene rings is 1. The predicted octanol–water partition coefficient (Wildman–Crippen LogP) is 3.01. The summed E-state index contributed by atoms with van der Waals surface area (Å²) in [6.45, 7) is 4.01. The van der Waals surface area contributed by atoms with Crippen LogP contribution in [0.5, 0.6) is 0 Å². The van der Waals surface area contributed by atoms with E-state index >= 15 is 0 Å². The van der Waals surface area contributed by atoms with Crippen molar-refractivity contribution in [2.45, 2.75) is 20.3 Å². The van der Waals surface area contributed by atoms with Crippen LogP contribution in [0.4, 0.5) is 5.69 Å². The molecule has 86 valence electrons. The van der Waals surface area contributed by atoms with Crippen molar-refractivity contribution >= 4 is 5.69 Å². The highest BCUT2D eigenvalue weighted by molar-refractivity contribution is 5.75. The molecule has 0 aliphatic heterocycles. The second kappa shape index (κ2) is 4.34. The second-order valence-electron chi connectivity index (χ2n) is 4.07. The third-order valence-electron chi connectivity index (χ3n) is 2.93. The summed E-state index contributed by atoms with van der Waals surface area (Å²) >= 11 is 0. The highest BCUT2D eigenvalue weighted by Gasteiger charge is 2.15. The van der Waals surface area contributed by atoms with E-state index < -0.39 is 0 Å². The van der Waals surface area contributed by atoms with Crippen LogP contribution in [0.15, 0.2) is 24.3 Å². The molecule has 0 unspecified atom stereocenters. The van der Waals surface area contributed by atoms with Crippen molar-refractivity contribution in [2.75, 3.05) is 5.73 Å². The number of aromatic nitrogens is 1. The maximum Gasteiger partial charge on any atom is 0.102 e. The average Bonchev–Trinajstić information content (AvgIpc) is 2.66. The number of H-pyrrole nitrogens is 1. The summed E-state index contributed by atoms with van der Waals surface area (Å²) in [6.07, 6.45) is 0.877. The Bertz CT molecular complexity index is 571. The van der Waals surface area contributed by atoms with E-state index in [9.17, 15) is 5.26 Å². The molecule has 1 aromatic carbocycles. The average molecular weight is 225 g/mol. The van der Waals surface area contributed by atoms with Gasteiger partial charge in [0.25, 0.3) is 0 Å². The fourth-order valence-electron chi connectivity index (χ4n) is 2.06. The number of nitriles is 1. The van der Waals surface area contributed by atoms with Gasteiger partial charge in [-0.05, 0) is 31.0 Å². The van der Waals surface area contributed by atoms with Crippen molar-refractivity contribution in [3.8, 4) is 17.2 Å². The Hall–Kier alpha value is -2.21. The third-order valence-corrected chi connectivity index (χ3v) is 2.93. The Balaban J connectivity index is 2.65. The highest BCUT2D eigenvalue weighted by Crippen LogP contribution is 2.30. The number of hydrogen-bond donors (Lipinski definition) is 2. The lowest BCUT2D eigenvalue weighted by Crippen LogP contribution is -1.88. The van der Waals surface area contributed by atoms with Gasteiger partial charge in [0, 0.05) is 22.6 Å². The molecule has 0 saturated carbocycles. The zero-order chi connectivity index (χ0) is 12.4. The van der Waals surface area contributed by atoms with E-state index in [1.165, 1.54) is 0 Å². The third kappa shape index (κ3) is 1.90. The van der Waals surface area contributed by atoms with Gasteiger partial charge in [-0.2, -0.15) is 5.26 Å². The fourth-order valence-corrected chi connectivity index (χ4v) is 2.06. The lowest BCUT2D eigenvalue weighted by Gasteiger charge is -2.03. The van der Waals surface area contributed by atoms with Gasteiger partial charge < -0.3 is 10.7 Å². The first-order valence-corrected chi connectivity index (χ1v) is 5.64. The standard InChI is InChI=1S/C14H15N3/c1-3-13-14(12(8-15)9(2)17-13)10-4-6-11(16)7-5-10/h4-7,17H,3,16H2,1-2H3. The van der Waals surface area contributed by atoms with Gasteiger partial charge in [-0.25, -0.2) is 0 Å². The van der Waals surface area contributed by atoms with Gasteiger partial charge in [0.15, 0.2) is 0 Å². The monoisotopic (exact) mass is 225 g/mol. The normalized spacial score (nSPS) is 10.2. The molecule has 0 saturated heterocycles. The molecule has 0 amide bonds. The fraction of sp³-hybridized carbons (Fsp3) is 0.214. The number of aryl methyl sites for hydroxylation is 2. The number of rotatable bonds is 2. The smallest absolute Gasteiger partial charge is 0.102 e. The largest absolute Gasteiger partial charge is 0.399 e. The minimum absolute atomic E-state index is 0.728. The molecule has 3 nitrogen and oxygen atoms in total. The number of nitrogens with one attached hydrogen (secondary N) is 1. The van der Waals surface area contributed by atoms with Crippen molar-refractivity contribution in [1.82, 2.24) is 4.98 Å². The summed E-state index contributed by atoms with van der Waals surface area (Å²) in [5.41, 5.74) is 11.2. The SMILES string of the molecule is CCc1[nH]c(C)c(C#N)c1-c1ccc(N)cc1. The van der Waals surface area contributed by atoms with Crippen LogP contribution in [-0.2, 0) is 6.42 Å². The number of nitrogens with zero attached hydrogens (tertiary/aromatic N) is 1. The van der Waals surface area contributed by atoms with Gasteiger partial charge in [0.05, 0.1) is 5.56 Å². The minimum atomic E-state index is 0.728. The molecule has 2 aromatic rings. The van der Waals surface area contributed by atoms with Crippen LogP contribution in [0.1, 0.15) is 23.9 Å². The lowest BCUT2D eigenvalue weighted by atomic mass is 10.00. The first-order chi connectivity index (χ1) is 8.17. The molecule has 17 heavy (non-hydrogen) atoms. The highest BCUT2D eigenvalue weighted by atomic mass is 14.7. The predicted molar refractivity (Wildman–Crippen MR) is 69.5 cm³/mol. The van der Waals surface area contributed by atoms with Crippen molar-refractivity contribution in [3.05, 3.63) is 41.2 Å². The number of nitrogen functional groups attached to an aromatic ring is 1. The van der Waals surface area contributed by atoms with Gasteiger partial charge in [0.1, 0.15) is 6.07 Å². The lowest BCUT2D eigenvalue weighted by molar-refractivity contribution is 1.05. The van der Waals surface area contributed by atoms with Crippen LogP contribution < -0.4 is 5.73 Å². The number of anilines is 1. The van der Waals surface area contributed by atoms with Crippen LogP contribution in [0, 0.1) is 18.3 Å². The molecule has 0 atom stereocenters. The van der Waals surface area contributed by atoms with E-state index in [1.54, 1.807) is 0 Å². The summed E-state index contributed by atoms with van der Waals surface area (Å²) in [5.74, 6) is 0. The zero-order valence-corrected chi connectivity index (χ0v) is 10.0. The van der Waals surface area contributed by atoms with E-state index in [-0.39, 0.29) is 0 Å². The maximum atomic E-state index is 9.23. The summed E-state index contributed by atoms with van der Waals surface area (Å²) in [7, 11) is 0. The van der Waals surface area contributed by atoms with Crippen LogP contribution >= 0.6 is 0 Å². The molecule has 1 heterocycles. The topological polar surface area (TPSA) is 65.6 Å². The van der Waals surface area contributed by atoms with Gasteiger partial charge in [-0.15, -0.1) is 0 Å². The molecule has 0 spiro atoms. The van der Waals surface area contributed by atoms with E-state index in [1.807, 2.05) is 31.2 Å². The minimum Gasteiger partial charge on any atom is -0.399 e. The van der Waals surface area contributed by atoms with Crippen LogP contribution in [-0.4, -0.2) is 4.98 Å². The second-order valence-corrected chi connectivity index (χ2v) is 4.07.